The number of nitrogens with zero attached hydrogens (tertiary/aromatic N) is 3. The van der Waals surface area contributed by atoms with E-state index in [1.807, 2.05) is 28.9 Å². The van der Waals surface area contributed by atoms with Gasteiger partial charge in [-0.05, 0) is 38.0 Å². The molecule has 2 saturated heterocycles. The van der Waals surface area contributed by atoms with Crippen molar-refractivity contribution in [2.24, 2.45) is 0 Å². The minimum Gasteiger partial charge on any atom is -0.459 e. The van der Waals surface area contributed by atoms with Crippen LogP contribution >= 0.6 is 0 Å². The van der Waals surface area contributed by atoms with E-state index in [9.17, 15) is 9.59 Å². The number of anilines is 1. The molecule has 2 atom stereocenters. The molecule has 124 valence electrons. The van der Waals surface area contributed by atoms with Crippen LogP contribution in [0.2, 0.25) is 0 Å². The first-order valence-corrected chi connectivity index (χ1v) is 8.24. The zero-order valence-corrected chi connectivity index (χ0v) is 13.5. The first-order chi connectivity index (χ1) is 11.7. The number of carbonyl (C=O) groups excluding carboxylic acids is 2. The average Bonchev–Trinajstić information content (AvgIpc) is 3.21. The fraction of sp³-hybridized carbons (Fsp3) is 0.389. The molecule has 2 aromatic heterocycles. The molecule has 2 fully saturated rings. The maximum Gasteiger partial charge on any atom is 0.290 e. The Morgan fingerprint density at radius 3 is 2.88 bits per heavy atom. The van der Waals surface area contributed by atoms with Gasteiger partial charge in [0, 0.05) is 24.7 Å². The van der Waals surface area contributed by atoms with Crippen molar-refractivity contribution in [2.45, 2.75) is 38.3 Å². The molecule has 0 radical (unpaired) electrons. The van der Waals surface area contributed by atoms with E-state index in [4.69, 9.17) is 4.42 Å². The van der Waals surface area contributed by atoms with Gasteiger partial charge in [-0.3, -0.25) is 14.6 Å². The van der Waals surface area contributed by atoms with E-state index in [-0.39, 0.29) is 23.9 Å². The van der Waals surface area contributed by atoms with Crippen LogP contribution < -0.4 is 4.90 Å². The molecule has 0 aliphatic carbocycles. The van der Waals surface area contributed by atoms with Gasteiger partial charge in [0.15, 0.2) is 5.76 Å². The van der Waals surface area contributed by atoms with Gasteiger partial charge in [-0.2, -0.15) is 0 Å². The Hall–Kier alpha value is -2.63. The van der Waals surface area contributed by atoms with Crippen molar-refractivity contribution in [3.63, 3.8) is 0 Å². The molecule has 4 heterocycles. The third-order valence-corrected chi connectivity index (χ3v) is 5.01. The first-order valence-electron chi connectivity index (χ1n) is 8.24. The van der Waals surface area contributed by atoms with Crippen molar-refractivity contribution < 1.29 is 14.0 Å². The summed E-state index contributed by atoms with van der Waals surface area (Å²) >= 11 is 0. The van der Waals surface area contributed by atoms with Crippen LogP contribution in [0, 0.1) is 6.92 Å². The standard InChI is InChI=1S/C18H19N3O3/c1-12-7-10-24-17(12)18(23)20-9-6-15-14(20)4-5-16(22)21(15)13-3-2-8-19-11-13/h2-3,7-8,10-11,14-15H,4-6,9H2,1H3/t14-,15-/m0/s1. The number of likely N-dealkylation sites (tertiary alicyclic amines) is 1. The highest BCUT2D eigenvalue weighted by atomic mass is 16.3. The lowest BCUT2D eigenvalue weighted by Gasteiger charge is -2.39. The van der Waals surface area contributed by atoms with Crippen LogP contribution in [0.5, 0.6) is 0 Å². The van der Waals surface area contributed by atoms with Gasteiger partial charge in [-0.1, -0.05) is 0 Å². The quantitative estimate of drug-likeness (QED) is 0.850. The fourth-order valence-corrected chi connectivity index (χ4v) is 3.87. The monoisotopic (exact) mass is 325 g/mol. The number of carbonyl (C=O) groups is 2. The van der Waals surface area contributed by atoms with Crippen molar-refractivity contribution in [1.82, 2.24) is 9.88 Å². The zero-order valence-electron chi connectivity index (χ0n) is 13.5. The Labute approximate surface area is 140 Å². The van der Waals surface area contributed by atoms with Crippen LogP contribution in [0.1, 0.15) is 35.4 Å². The summed E-state index contributed by atoms with van der Waals surface area (Å²) in [5.41, 5.74) is 1.65. The Kier molecular flexibility index (Phi) is 3.59. The molecule has 24 heavy (non-hydrogen) atoms. The van der Waals surface area contributed by atoms with Crippen molar-refractivity contribution in [2.75, 3.05) is 11.4 Å². The summed E-state index contributed by atoms with van der Waals surface area (Å²) in [5.74, 6) is 0.429. The predicted octanol–water partition coefficient (Wildman–Crippen LogP) is 2.39. The predicted molar refractivity (Wildman–Crippen MR) is 87.6 cm³/mol. The third kappa shape index (κ3) is 2.29. The smallest absolute Gasteiger partial charge is 0.290 e. The van der Waals surface area contributed by atoms with Crippen LogP contribution in [0.4, 0.5) is 5.69 Å². The third-order valence-electron chi connectivity index (χ3n) is 5.01. The van der Waals surface area contributed by atoms with Gasteiger partial charge in [-0.15, -0.1) is 0 Å². The van der Waals surface area contributed by atoms with Gasteiger partial charge in [0.2, 0.25) is 5.91 Å². The van der Waals surface area contributed by atoms with Crippen molar-refractivity contribution in [3.8, 4) is 0 Å². The maximum atomic E-state index is 12.8. The first kappa shape index (κ1) is 14.9. The van der Waals surface area contributed by atoms with E-state index >= 15 is 0 Å². The van der Waals surface area contributed by atoms with E-state index in [1.165, 1.54) is 0 Å². The number of pyridine rings is 1. The van der Waals surface area contributed by atoms with Gasteiger partial charge >= 0.3 is 0 Å². The number of piperidine rings is 1. The van der Waals surface area contributed by atoms with Gasteiger partial charge < -0.3 is 14.2 Å². The fourth-order valence-electron chi connectivity index (χ4n) is 3.87. The van der Waals surface area contributed by atoms with Gasteiger partial charge in [0.1, 0.15) is 0 Å². The Morgan fingerprint density at radius 1 is 1.29 bits per heavy atom. The minimum atomic E-state index is -0.0783. The van der Waals surface area contributed by atoms with Crippen molar-refractivity contribution >= 4 is 17.5 Å². The highest BCUT2D eigenvalue weighted by molar-refractivity contribution is 5.97. The summed E-state index contributed by atoms with van der Waals surface area (Å²) in [6, 6.07) is 5.56. The second kappa shape index (κ2) is 5.78. The SMILES string of the molecule is Cc1ccoc1C(=O)N1CC[C@H]2[C@@H]1CCC(=O)N2c1cccnc1. The van der Waals surface area contributed by atoms with Crippen LogP contribution in [-0.2, 0) is 4.79 Å². The van der Waals surface area contributed by atoms with Crippen LogP contribution in [0.15, 0.2) is 41.3 Å². The topological polar surface area (TPSA) is 66.7 Å². The highest BCUT2D eigenvalue weighted by Crippen LogP contribution is 2.35. The van der Waals surface area contributed by atoms with E-state index in [1.54, 1.807) is 24.7 Å². The van der Waals surface area contributed by atoms with Crippen LogP contribution in [0.25, 0.3) is 0 Å². The zero-order chi connectivity index (χ0) is 16.7. The van der Waals surface area contributed by atoms with E-state index in [2.05, 4.69) is 4.98 Å². The van der Waals surface area contributed by atoms with Crippen LogP contribution in [-0.4, -0.2) is 40.3 Å². The Bertz CT molecular complexity index is 771. The number of aromatic nitrogens is 1. The molecule has 0 saturated carbocycles. The molecule has 2 aliphatic rings. The summed E-state index contributed by atoms with van der Waals surface area (Å²) in [6.07, 6.45) is 6.86. The lowest BCUT2D eigenvalue weighted by atomic mass is 9.95. The molecule has 6 nitrogen and oxygen atoms in total. The molecule has 2 amide bonds. The van der Waals surface area contributed by atoms with E-state index in [0.29, 0.717) is 25.1 Å². The number of rotatable bonds is 2. The van der Waals surface area contributed by atoms with Gasteiger partial charge in [0.25, 0.3) is 5.91 Å². The van der Waals surface area contributed by atoms with E-state index < -0.39 is 0 Å². The molecule has 2 aromatic rings. The van der Waals surface area contributed by atoms with Gasteiger partial charge in [0.05, 0.1) is 30.2 Å². The summed E-state index contributed by atoms with van der Waals surface area (Å²) < 4.78 is 5.37. The minimum absolute atomic E-state index is 0.00895. The van der Waals surface area contributed by atoms with E-state index in [0.717, 1.165) is 17.7 Å². The number of aryl methyl sites for hydroxylation is 1. The molecule has 0 aromatic carbocycles. The second-order valence-corrected chi connectivity index (χ2v) is 6.37. The molecule has 4 rings (SSSR count). The Morgan fingerprint density at radius 2 is 2.17 bits per heavy atom. The van der Waals surface area contributed by atoms with Crippen molar-refractivity contribution in [1.29, 1.82) is 0 Å². The molecule has 0 spiro atoms. The molecular weight excluding hydrogens is 306 g/mol. The molecule has 0 unspecified atom stereocenters. The summed E-state index contributed by atoms with van der Waals surface area (Å²) in [6.45, 7) is 2.51. The molecule has 0 N–H and O–H groups in total. The summed E-state index contributed by atoms with van der Waals surface area (Å²) in [7, 11) is 0. The lowest BCUT2D eigenvalue weighted by molar-refractivity contribution is -0.120. The number of hydrogen-bond donors (Lipinski definition) is 0. The molecule has 2 aliphatic heterocycles. The second-order valence-electron chi connectivity index (χ2n) is 6.37. The highest BCUT2D eigenvalue weighted by Gasteiger charge is 2.46. The number of fused-ring (bicyclic) bond motifs is 1. The van der Waals surface area contributed by atoms with Crippen LogP contribution in [0.3, 0.4) is 0 Å². The molecule has 6 heteroatoms. The maximum absolute atomic E-state index is 12.8. The average molecular weight is 325 g/mol. The lowest BCUT2D eigenvalue weighted by Crippen LogP contribution is -2.53. The summed E-state index contributed by atoms with van der Waals surface area (Å²) in [4.78, 5) is 33.1. The Balaban J connectivity index is 1.62. The normalized spacial score (nSPS) is 23.5. The van der Waals surface area contributed by atoms with Crippen molar-refractivity contribution in [3.05, 3.63) is 48.2 Å². The largest absolute Gasteiger partial charge is 0.459 e. The molecule has 0 bridgehead atoms. The number of furan rings is 1. The van der Waals surface area contributed by atoms with Gasteiger partial charge in [-0.25, -0.2) is 0 Å². The summed E-state index contributed by atoms with van der Waals surface area (Å²) in [5, 5.41) is 0. The number of amides is 2. The number of hydrogen-bond acceptors (Lipinski definition) is 4. The molecular formula is C18H19N3O3.